The number of nitrogens with zero attached hydrogens (tertiary/aromatic N) is 1. The van der Waals surface area contributed by atoms with E-state index < -0.39 is 17.8 Å². The molecule has 1 amide bonds. The third-order valence-corrected chi connectivity index (χ3v) is 4.66. The Balaban J connectivity index is 1.81. The van der Waals surface area contributed by atoms with Crippen molar-refractivity contribution in [3.8, 4) is 0 Å². The largest absolute Gasteiger partial charge is 0.481 e. The molecule has 1 aromatic heterocycles. The average molecular weight is 315 g/mol. The highest BCUT2D eigenvalue weighted by atomic mass is 16.4. The molecule has 122 valence electrons. The van der Waals surface area contributed by atoms with Crippen LogP contribution < -0.4 is 5.32 Å². The van der Waals surface area contributed by atoms with E-state index in [1.54, 1.807) is 0 Å². The van der Waals surface area contributed by atoms with Crippen LogP contribution in [0.15, 0.2) is 24.3 Å². The van der Waals surface area contributed by atoms with Gasteiger partial charge in [0.15, 0.2) is 0 Å². The van der Waals surface area contributed by atoms with Crippen molar-refractivity contribution in [3.63, 3.8) is 0 Å². The first-order valence-corrected chi connectivity index (χ1v) is 7.99. The van der Waals surface area contributed by atoms with Gasteiger partial charge in [-0.15, -0.1) is 0 Å². The fraction of sp³-hybridized carbons (Fsp3) is 0.471. The van der Waals surface area contributed by atoms with Gasteiger partial charge in [-0.2, -0.15) is 0 Å². The Labute approximate surface area is 134 Å². The van der Waals surface area contributed by atoms with E-state index >= 15 is 0 Å². The van der Waals surface area contributed by atoms with Crippen molar-refractivity contribution in [2.75, 3.05) is 0 Å². The van der Waals surface area contributed by atoms with Gasteiger partial charge in [0.2, 0.25) is 5.91 Å². The van der Waals surface area contributed by atoms with Gasteiger partial charge in [-0.3, -0.25) is 9.59 Å². The summed E-state index contributed by atoms with van der Waals surface area (Å²) in [7, 11) is 0. The zero-order valence-electron chi connectivity index (χ0n) is 13.2. The molecule has 1 heterocycles. The lowest BCUT2D eigenvalue weighted by Gasteiger charge is -2.22. The van der Waals surface area contributed by atoms with E-state index in [0.717, 1.165) is 23.3 Å². The number of H-pyrrole nitrogens is 1. The minimum Gasteiger partial charge on any atom is -0.481 e. The molecule has 1 saturated carbocycles. The van der Waals surface area contributed by atoms with E-state index in [0.29, 0.717) is 6.42 Å². The van der Waals surface area contributed by atoms with Gasteiger partial charge in [0.1, 0.15) is 5.82 Å². The maximum absolute atomic E-state index is 12.3. The smallest absolute Gasteiger partial charge is 0.307 e. The third-order valence-electron chi connectivity index (χ3n) is 4.66. The third kappa shape index (κ3) is 3.06. The first kappa shape index (κ1) is 15.5. The number of benzene rings is 1. The molecule has 6 nitrogen and oxygen atoms in total. The number of nitrogens with one attached hydrogen (secondary N) is 2. The molecule has 0 unspecified atom stereocenters. The Morgan fingerprint density at radius 1 is 1.39 bits per heavy atom. The van der Waals surface area contributed by atoms with Crippen LogP contribution in [0.2, 0.25) is 0 Å². The Bertz CT molecular complexity index is 707. The van der Waals surface area contributed by atoms with Crippen molar-refractivity contribution in [1.82, 2.24) is 15.3 Å². The second kappa shape index (κ2) is 6.02. The first-order valence-electron chi connectivity index (χ1n) is 7.99. The Morgan fingerprint density at radius 2 is 2.13 bits per heavy atom. The molecule has 3 N–H and O–H groups in total. The van der Waals surface area contributed by atoms with E-state index in [9.17, 15) is 9.59 Å². The maximum Gasteiger partial charge on any atom is 0.307 e. The Hall–Kier alpha value is -2.37. The summed E-state index contributed by atoms with van der Waals surface area (Å²) in [6.07, 6.45) is 1.31. The van der Waals surface area contributed by atoms with Crippen molar-refractivity contribution in [1.29, 1.82) is 0 Å². The average Bonchev–Trinajstić information content (AvgIpc) is 3.24. The number of para-hydroxylation sites is 2. The van der Waals surface area contributed by atoms with Gasteiger partial charge < -0.3 is 15.4 Å². The van der Waals surface area contributed by atoms with Gasteiger partial charge in [0.05, 0.1) is 28.9 Å². The molecule has 6 heteroatoms. The van der Waals surface area contributed by atoms with E-state index in [1.807, 2.05) is 24.3 Å². The monoisotopic (exact) mass is 315 g/mol. The zero-order chi connectivity index (χ0) is 16.6. The van der Waals surface area contributed by atoms with Crippen molar-refractivity contribution in [3.05, 3.63) is 30.1 Å². The van der Waals surface area contributed by atoms with Gasteiger partial charge in [-0.1, -0.05) is 32.4 Å². The Kier molecular flexibility index (Phi) is 4.07. The second-order valence-corrected chi connectivity index (χ2v) is 6.30. The summed E-state index contributed by atoms with van der Waals surface area (Å²) in [6, 6.07) is 7.48. The number of amides is 1. The molecule has 2 aromatic rings. The van der Waals surface area contributed by atoms with Crippen LogP contribution in [0.4, 0.5) is 0 Å². The van der Waals surface area contributed by atoms with Crippen LogP contribution in [0.5, 0.6) is 0 Å². The predicted octanol–water partition coefficient (Wildman–Crippen LogP) is 2.49. The SMILES string of the molecule is CC[C@H](C)[C@H](NC(=O)[C@H]1C[C@H]1C(=O)O)c1nc2ccccc2[nH]1. The molecular formula is C17H21N3O3. The predicted molar refractivity (Wildman–Crippen MR) is 85.7 cm³/mol. The van der Waals surface area contributed by atoms with E-state index in [2.05, 4.69) is 29.1 Å². The number of carbonyl (C=O) groups excluding carboxylic acids is 1. The lowest BCUT2D eigenvalue weighted by molar-refractivity contribution is -0.140. The van der Waals surface area contributed by atoms with Crippen LogP contribution in [0.25, 0.3) is 11.0 Å². The van der Waals surface area contributed by atoms with Crippen molar-refractivity contribution in [2.45, 2.75) is 32.7 Å². The molecule has 1 aromatic carbocycles. The molecule has 3 rings (SSSR count). The molecule has 1 aliphatic rings. The van der Waals surface area contributed by atoms with Crippen LogP contribution in [0, 0.1) is 17.8 Å². The summed E-state index contributed by atoms with van der Waals surface area (Å²) in [4.78, 5) is 31.1. The summed E-state index contributed by atoms with van der Waals surface area (Å²) < 4.78 is 0. The zero-order valence-corrected chi connectivity index (χ0v) is 13.2. The molecule has 0 saturated heterocycles. The number of aromatic amines is 1. The molecule has 0 aliphatic heterocycles. The van der Waals surface area contributed by atoms with Gasteiger partial charge in [-0.05, 0) is 24.5 Å². The lowest BCUT2D eigenvalue weighted by Crippen LogP contribution is -2.35. The number of hydrogen-bond donors (Lipinski definition) is 3. The van der Waals surface area contributed by atoms with Crippen LogP contribution in [-0.4, -0.2) is 27.0 Å². The molecule has 0 spiro atoms. The molecule has 1 aliphatic carbocycles. The maximum atomic E-state index is 12.3. The summed E-state index contributed by atoms with van der Waals surface area (Å²) in [6.45, 7) is 4.11. The fourth-order valence-corrected chi connectivity index (χ4v) is 2.85. The lowest BCUT2D eigenvalue weighted by atomic mass is 9.98. The molecule has 1 fully saturated rings. The first-order chi connectivity index (χ1) is 11.0. The summed E-state index contributed by atoms with van der Waals surface area (Å²) in [5.41, 5.74) is 1.79. The second-order valence-electron chi connectivity index (χ2n) is 6.30. The highest BCUT2D eigenvalue weighted by Gasteiger charge is 2.49. The molecule has 0 radical (unpaired) electrons. The van der Waals surface area contributed by atoms with Crippen LogP contribution in [0.3, 0.4) is 0 Å². The van der Waals surface area contributed by atoms with Gasteiger partial charge in [0, 0.05) is 0 Å². The van der Waals surface area contributed by atoms with Gasteiger partial charge in [0.25, 0.3) is 0 Å². The normalized spacial score (nSPS) is 22.5. The number of aliphatic carboxylic acids is 1. The van der Waals surface area contributed by atoms with Gasteiger partial charge >= 0.3 is 5.97 Å². The fourth-order valence-electron chi connectivity index (χ4n) is 2.85. The number of imidazole rings is 1. The van der Waals surface area contributed by atoms with E-state index in [-0.39, 0.29) is 17.9 Å². The van der Waals surface area contributed by atoms with Crippen LogP contribution >= 0.6 is 0 Å². The van der Waals surface area contributed by atoms with Crippen molar-refractivity contribution >= 4 is 22.9 Å². The number of fused-ring (bicyclic) bond motifs is 1. The number of aromatic nitrogens is 2. The van der Waals surface area contributed by atoms with E-state index in [4.69, 9.17) is 5.11 Å². The minimum absolute atomic E-state index is 0.192. The van der Waals surface area contributed by atoms with E-state index in [1.165, 1.54) is 0 Å². The molecule has 0 bridgehead atoms. The minimum atomic E-state index is -0.894. The quantitative estimate of drug-likeness (QED) is 0.763. The summed E-state index contributed by atoms with van der Waals surface area (Å²) in [5, 5.41) is 12.0. The summed E-state index contributed by atoms with van der Waals surface area (Å²) >= 11 is 0. The number of carboxylic acids is 1. The van der Waals surface area contributed by atoms with Crippen LogP contribution in [0.1, 0.15) is 38.6 Å². The molecule has 23 heavy (non-hydrogen) atoms. The Morgan fingerprint density at radius 3 is 2.74 bits per heavy atom. The molecule has 4 atom stereocenters. The van der Waals surface area contributed by atoms with Crippen molar-refractivity contribution in [2.24, 2.45) is 17.8 Å². The number of carboxylic acid groups (broad SMARTS) is 1. The topological polar surface area (TPSA) is 95.1 Å². The standard InChI is InChI=1S/C17H21N3O3/c1-3-9(2)14(20-16(21)10-8-11(10)17(22)23)15-18-12-6-4-5-7-13(12)19-15/h4-7,9-11,14H,3,8H2,1-2H3,(H,18,19)(H,20,21)(H,22,23)/t9-,10-,11+,14-/m0/s1. The number of hydrogen-bond acceptors (Lipinski definition) is 3. The highest BCUT2D eigenvalue weighted by Crippen LogP contribution is 2.39. The molecular weight excluding hydrogens is 294 g/mol. The van der Waals surface area contributed by atoms with Crippen molar-refractivity contribution < 1.29 is 14.7 Å². The summed E-state index contributed by atoms with van der Waals surface area (Å²) in [5.74, 6) is -1.12. The number of carbonyl (C=O) groups is 2. The van der Waals surface area contributed by atoms with Gasteiger partial charge in [-0.25, -0.2) is 4.98 Å². The van der Waals surface area contributed by atoms with Crippen LogP contribution in [-0.2, 0) is 9.59 Å². The highest BCUT2D eigenvalue weighted by molar-refractivity contribution is 5.89. The number of rotatable bonds is 6.